The average Bonchev–Trinajstić information content (AvgIpc) is 3.40. The smallest absolute Gasteiger partial charge is 0.358 e. The van der Waals surface area contributed by atoms with Crippen molar-refractivity contribution in [1.82, 2.24) is 24.7 Å². The van der Waals surface area contributed by atoms with Crippen molar-refractivity contribution < 1.29 is 18.7 Å². The molecule has 31 heavy (non-hydrogen) atoms. The van der Waals surface area contributed by atoms with E-state index in [0.717, 1.165) is 0 Å². The summed E-state index contributed by atoms with van der Waals surface area (Å²) < 4.78 is 19.7. The van der Waals surface area contributed by atoms with Crippen molar-refractivity contribution in [1.29, 1.82) is 0 Å². The van der Waals surface area contributed by atoms with E-state index in [1.807, 2.05) is 0 Å². The molecule has 156 valence electrons. The Kier molecular flexibility index (Phi) is 5.76. The average molecular weight is 438 g/mol. The molecular weight excluding hydrogens is 423 g/mol. The van der Waals surface area contributed by atoms with Gasteiger partial charge in [0, 0.05) is 23.8 Å². The SMILES string of the molecule is Cc1cc(NC(=O)COC(=O)c2csc(-c3ncccn3)n2)n(-c2ccc(F)cc2)n1. The third-order valence-corrected chi connectivity index (χ3v) is 4.81. The van der Waals surface area contributed by atoms with Crippen LogP contribution in [0.2, 0.25) is 0 Å². The van der Waals surface area contributed by atoms with Crippen molar-refractivity contribution in [2.75, 3.05) is 11.9 Å². The maximum Gasteiger partial charge on any atom is 0.358 e. The summed E-state index contributed by atoms with van der Waals surface area (Å²) in [5.74, 6) is -0.916. The highest BCUT2D eigenvalue weighted by atomic mass is 32.1. The molecule has 0 spiro atoms. The van der Waals surface area contributed by atoms with Gasteiger partial charge in [-0.1, -0.05) is 0 Å². The number of anilines is 1. The number of esters is 1. The fourth-order valence-electron chi connectivity index (χ4n) is 2.63. The standard InChI is InChI=1S/C20H15FN6O3S/c1-12-9-16(27(26-12)14-5-3-13(21)4-6-14)25-17(28)10-30-20(29)15-11-31-19(24-15)18-22-7-2-8-23-18/h2-9,11H,10H2,1H3,(H,25,28). The molecule has 0 fully saturated rings. The Labute approximate surface area is 179 Å². The van der Waals surface area contributed by atoms with Gasteiger partial charge in [-0.15, -0.1) is 11.3 Å². The minimum Gasteiger partial charge on any atom is -0.451 e. The summed E-state index contributed by atoms with van der Waals surface area (Å²) in [6.07, 6.45) is 3.15. The molecule has 0 aliphatic carbocycles. The summed E-state index contributed by atoms with van der Waals surface area (Å²) in [6, 6.07) is 8.98. The molecule has 0 unspecified atom stereocenters. The van der Waals surface area contributed by atoms with Crippen LogP contribution in [0.25, 0.3) is 16.5 Å². The van der Waals surface area contributed by atoms with Gasteiger partial charge in [-0.25, -0.2) is 28.8 Å². The number of thiazole rings is 1. The first-order valence-corrected chi connectivity index (χ1v) is 9.90. The number of nitrogens with zero attached hydrogens (tertiary/aromatic N) is 5. The van der Waals surface area contributed by atoms with Crippen molar-refractivity contribution in [3.63, 3.8) is 0 Å². The van der Waals surface area contributed by atoms with Crippen molar-refractivity contribution in [3.8, 4) is 16.5 Å². The third-order valence-electron chi connectivity index (χ3n) is 3.97. The van der Waals surface area contributed by atoms with Crippen LogP contribution >= 0.6 is 11.3 Å². The van der Waals surface area contributed by atoms with Crippen LogP contribution in [0.4, 0.5) is 10.2 Å². The van der Waals surface area contributed by atoms with Gasteiger partial charge in [-0.2, -0.15) is 5.10 Å². The lowest BCUT2D eigenvalue weighted by Gasteiger charge is -2.09. The number of rotatable bonds is 6. The largest absolute Gasteiger partial charge is 0.451 e. The first-order valence-electron chi connectivity index (χ1n) is 9.02. The number of carbonyl (C=O) groups excluding carboxylic acids is 2. The Morgan fingerprint density at radius 3 is 2.68 bits per heavy atom. The molecular formula is C20H15FN6O3S. The summed E-state index contributed by atoms with van der Waals surface area (Å²) in [6.45, 7) is 1.24. The molecule has 4 aromatic rings. The van der Waals surface area contributed by atoms with Gasteiger partial charge in [-0.05, 0) is 37.3 Å². The molecule has 1 N–H and O–H groups in total. The van der Waals surface area contributed by atoms with Gasteiger partial charge in [0.15, 0.2) is 23.1 Å². The molecule has 0 saturated heterocycles. The zero-order valence-corrected chi connectivity index (χ0v) is 17.0. The Balaban J connectivity index is 1.38. The van der Waals surface area contributed by atoms with E-state index in [1.54, 1.807) is 31.5 Å². The molecule has 0 saturated carbocycles. The second kappa shape index (κ2) is 8.79. The fraction of sp³-hybridized carbons (Fsp3) is 0.100. The molecule has 4 rings (SSSR count). The van der Waals surface area contributed by atoms with Crippen LogP contribution in [0.5, 0.6) is 0 Å². The molecule has 3 aromatic heterocycles. The van der Waals surface area contributed by atoms with E-state index in [1.165, 1.54) is 45.7 Å². The number of hydrogen-bond acceptors (Lipinski definition) is 8. The molecule has 0 aliphatic heterocycles. The normalized spacial score (nSPS) is 10.6. The van der Waals surface area contributed by atoms with Crippen molar-refractivity contribution >= 4 is 29.0 Å². The summed E-state index contributed by atoms with van der Waals surface area (Å²) in [4.78, 5) is 36.8. The van der Waals surface area contributed by atoms with Crippen LogP contribution in [-0.2, 0) is 9.53 Å². The highest BCUT2D eigenvalue weighted by Gasteiger charge is 2.17. The lowest BCUT2D eigenvalue weighted by atomic mass is 10.3. The van der Waals surface area contributed by atoms with Crippen LogP contribution < -0.4 is 5.32 Å². The summed E-state index contributed by atoms with van der Waals surface area (Å²) in [5.41, 5.74) is 1.28. The van der Waals surface area contributed by atoms with E-state index in [2.05, 4.69) is 25.4 Å². The minimum atomic E-state index is -0.739. The molecule has 9 nitrogen and oxygen atoms in total. The molecule has 1 amide bonds. The fourth-order valence-corrected chi connectivity index (χ4v) is 3.37. The number of amides is 1. The first-order chi connectivity index (χ1) is 15.0. The number of ether oxygens (including phenoxy) is 1. The highest BCUT2D eigenvalue weighted by molar-refractivity contribution is 7.13. The molecule has 3 heterocycles. The van der Waals surface area contributed by atoms with Gasteiger partial charge in [-0.3, -0.25) is 4.79 Å². The maximum absolute atomic E-state index is 13.2. The molecule has 0 atom stereocenters. The topological polar surface area (TPSA) is 112 Å². The lowest BCUT2D eigenvalue weighted by Crippen LogP contribution is -2.22. The van der Waals surface area contributed by atoms with Crippen LogP contribution in [-0.4, -0.2) is 43.2 Å². The molecule has 0 aliphatic rings. The van der Waals surface area contributed by atoms with Crippen LogP contribution in [0.1, 0.15) is 16.2 Å². The second-order valence-corrected chi connectivity index (χ2v) is 7.15. The molecule has 0 bridgehead atoms. The third kappa shape index (κ3) is 4.78. The predicted octanol–water partition coefficient (Wildman–Crippen LogP) is 3.03. The van der Waals surface area contributed by atoms with Crippen LogP contribution in [0, 0.1) is 12.7 Å². The van der Waals surface area contributed by atoms with Gasteiger partial charge in [0.1, 0.15) is 11.6 Å². The van der Waals surface area contributed by atoms with Crippen LogP contribution in [0.15, 0.2) is 54.2 Å². The van der Waals surface area contributed by atoms with Gasteiger partial charge in [0.2, 0.25) is 0 Å². The van der Waals surface area contributed by atoms with Crippen molar-refractivity contribution in [2.45, 2.75) is 6.92 Å². The zero-order chi connectivity index (χ0) is 21.8. The Morgan fingerprint density at radius 2 is 1.94 bits per heavy atom. The van der Waals surface area contributed by atoms with E-state index in [0.29, 0.717) is 28.0 Å². The molecule has 0 radical (unpaired) electrons. The van der Waals surface area contributed by atoms with E-state index in [-0.39, 0.29) is 11.5 Å². The first kappa shape index (κ1) is 20.3. The van der Waals surface area contributed by atoms with Gasteiger partial charge >= 0.3 is 5.97 Å². The predicted molar refractivity (Wildman–Crippen MR) is 110 cm³/mol. The van der Waals surface area contributed by atoms with E-state index in [9.17, 15) is 14.0 Å². The van der Waals surface area contributed by atoms with Gasteiger partial charge < -0.3 is 10.1 Å². The Bertz CT molecular complexity index is 1220. The number of halogens is 1. The second-order valence-electron chi connectivity index (χ2n) is 6.29. The lowest BCUT2D eigenvalue weighted by molar-refractivity contribution is -0.119. The summed E-state index contributed by atoms with van der Waals surface area (Å²) >= 11 is 1.20. The van der Waals surface area contributed by atoms with E-state index < -0.39 is 18.5 Å². The number of aromatic nitrogens is 5. The molecule has 11 heteroatoms. The highest BCUT2D eigenvalue weighted by Crippen LogP contribution is 2.20. The monoisotopic (exact) mass is 438 g/mol. The van der Waals surface area contributed by atoms with Crippen molar-refractivity contribution in [2.24, 2.45) is 0 Å². The quantitative estimate of drug-likeness (QED) is 0.461. The van der Waals surface area contributed by atoms with E-state index in [4.69, 9.17) is 4.74 Å². The Hall–Kier alpha value is -3.99. The van der Waals surface area contributed by atoms with Crippen molar-refractivity contribution in [3.05, 3.63) is 71.4 Å². The Morgan fingerprint density at radius 1 is 1.19 bits per heavy atom. The minimum absolute atomic E-state index is 0.0625. The maximum atomic E-state index is 13.2. The number of carbonyl (C=O) groups is 2. The number of hydrogen-bond donors (Lipinski definition) is 1. The molecule has 1 aromatic carbocycles. The van der Waals surface area contributed by atoms with Gasteiger partial charge in [0.25, 0.3) is 5.91 Å². The van der Waals surface area contributed by atoms with Crippen LogP contribution in [0.3, 0.4) is 0 Å². The zero-order valence-electron chi connectivity index (χ0n) is 16.2. The summed E-state index contributed by atoms with van der Waals surface area (Å²) in [7, 11) is 0. The van der Waals surface area contributed by atoms with Gasteiger partial charge in [0.05, 0.1) is 11.4 Å². The number of aryl methyl sites for hydroxylation is 1. The number of nitrogens with one attached hydrogen (secondary N) is 1. The summed E-state index contributed by atoms with van der Waals surface area (Å²) in [5, 5.41) is 8.91. The van der Waals surface area contributed by atoms with E-state index >= 15 is 0 Å². The number of benzene rings is 1.